The van der Waals surface area contributed by atoms with Crippen LogP contribution in [0.25, 0.3) is 0 Å². The molecule has 0 spiro atoms. The van der Waals surface area contributed by atoms with Crippen LogP contribution in [-0.4, -0.2) is 47.4 Å². The van der Waals surface area contributed by atoms with E-state index in [4.69, 9.17) is 5.11 Å². The van der Waals surface area contributed by atoms with Crippen LogP contribution in [0.15, 0.2) is 37.0 Å². The first-order valence-corrected chi connectivity index (χ1v) is 5.80. The highest BCUT2D eigenvalue weighted by molar-refractivity contribution is 5.87. The zero-order valence-corrected chi connectivity index (χ0v) is 12.1. The quantitative estimate of drug-likeness (QED) is 0.540. The van der Waals surface area contributed by atoms with Crippen molar-refractivity contribution in [2.75, 3.05) is 13.2 Å². The van der Waals surface area contributed by atoms with Gasteiger partial charge < -0.3 is 19.7 Å². The standard InChI is InChI=1S/C11H16O5.C3H4O2.CH4/c1-7(2)10(13)15-5-9(12)6-16-11(14)8(3)4;1-2-3(4)5;/h9,12H,1,3,5-6H2,2,4H3;2H,1H2,(H,4,5);1H4. The Labute approximate surface area is 130 Å². The molecule has 0 aromatic carbocycles. The summed E-state index contributed by atoms with van der Waals surface area (Å²) in [5, 5.41) is 16.9. The van der Waals surface area contributed by atoms with Gasteiger partial charge in [0.25, 0.3) is 0 Å². The van der Waals surface area contributed by atoms with Gasteiger partial charge >= 0.3 is 17.9 Å². The van der Waals surface area contributed by atoms with Crippen LogP contribution in [0.1, 0.15) is 21.3 Å². The third-order valence-corrected chi connectivity index (χ3v) is 1.69. The van der Waals surface area contributed by atoms with Gasteiger partial charge in [0.15, 0.2) is 0 Å². The molecule has 7 nitrogen and oxygen atoms in total. The summed E-state index contributed by atoms with van der Waals surface area (Å²) in [6, 6.07) is 0. The van der Waals surface area contributed by atoms with Gasteiger partial charge in [-0.25, -0.2) is 14.4 Å². The lowest BCUT2D eigenvalue weighted by Gasteiger charge is -2.11. The fraction of sp³-hybridized carbons (Fsp3) is 0.400. The molecular formula is C15H24O7. The van der Waals surface area contributed by atoms with E-state index in [1.807, 2.05) is 0 Å². The van der Waals surface area contributed by atoms with Crippen LogP contribution in [-0.2, 0) is 23.9 Å². The first-order valence-electron chi connectivity index (χ1n) is 5.80. The van der Waals surface area contributed by atoms with Gasteiger partial charge in [-0.05, 0) is 13.8 Å². The molecule has 22 heavy (non-hydrogen) atoms. The Bertz CT molecular complexity index is 394. The summed E-state index contributed by atoms with van der Waals surface area (Å²) in [5.41, 5.74) is 0.484. The first-order chi connectivity index (χ1) is 9.61. The number of carboxylic acid groups (broad SMARTS) is 1. The van der Waals surface area contributed by atoms with Gasteiger partial charge in [0, 0.05) is 17.2 Å². The molecule has 0 aromatic heterocycles. The van der Waals surface area contributed by atoms with Crippen LogP contribution in [0.3, 0.4) is 0 Å². The predicted octanol–water partition coefficient (Wildman–Crippen LogP) is 1.48. The molecule has 0 saturated carbocycles. The fourth-order valence-corrected chi connectivity index (χ4v) is 0.638. The van der Waals surface area contributed by atoms with Crippen LogP contribution in [0.5, 0.6) is 0 Å². The van der Waals surface area contributed by atoms with Crippen LogP contribution < -0.4 is 0 Å². The molecule has 7 heteroatoms. The highest BCUT2D eigenvalue weighted by Gasteiger charge is 2.12. The number of rotatable bonds is 7. The lowest BCUT2D eigenvalue weighted by atomic mass is 10.3. The van der Waals surface area contributed by atoms with Crippen molar-refractivity contribution in [2.45, 2.75) is 27.4 Å². The number of aliphatic hydroxyl groups excluding tert-OH is 1. The fourth-order valence-electron chi connectivity index (χ4n) is 0.638. The van der Waals surface area contributed by atoms with E-state index in [-0.39, 0.29) is 31.8 Å². The normalized spacial score (nSPS) is 8.55. The monoisotopic (exact) mass is 316 g/mol. The van der Waals surface area contributed by atoms with Crippen molar-refractivity contribution < 1.29 is 34.1 Å². The molecule has 0 bridgehead atoms. The summed E-state index contributed by atoms with van der Waals surface area (Å²) < 4.78 is 9.31. The molecular weight excluding hydrogens is 292 g/mol. The average Bonchev–Trinajstić information content (AvgIpc) is 2.42. The Morgan fingerprint density at radius 2 is 1.32 bits per heavy atom. The number of ether oxygens (including phenoxy) is 2. The summed E-state index contributed by atoms with van der Waals surface area (Å²) in [6.07, 6.45) is -0.216. The molecule has 0 heterocycles. The van der Waals surface area contributed by atoms with Gasteiger partial charge in [-0.15, -0.1) is 0 Å². The molecule has 0 amide bonds. The van der Waals surface area contributed by atoms with Crippen molar-refractivity contribution in [3.05, 3.63) is 37.0 Å². The smallest absolute Gasteiger partial charge is 0.333 e. The van der Waals surface area contributed by atoms with Crippen LogP contribution in [0.2, 0.25) is 0 Å². The number of esters is 2. The number of aliphatic hydroxyl groups is 1. The van der Waals surface area contributed by atoms with E-state index in [1.54, 1.807) is 0 Å². The summed E-state index contributed by atoms with van der Waals surface area (Å²) >= 11 is 0. The van der Waals surface area contributed by atoms with Crippen molar-refractivity contribution in [3.63, 3.8) is 0 Å². The van der Waals surface area contributed by atoms with Crippen LogP contribution in [0, 0.1) is 0 Å². The summed E-state index contributed by atoms with van der Waals surface area (Å²) in [7, 11) is 0. The molecule has 0 aromatic rings. The molecule has 0 fully saturated rings. The lowest BCUT2D eigenvalue weighted by molar-refractivity contribution is -0.147. The molecule has 0 radical (unpaired) electrons. The number of carbonyl (C=O) groups excluding carboxylic acids is 2. The maximum Gasteiger partial charge on any atom is 0.333 e. The maximum atomic E-state index is 10.9. The van der Waals surface area contributed by atoms with Gasteiger partial charge in [0.1, 0.15) is 19.3 Å². The van der Waals surface area contributed by atoms with Crippen molar-refractivity contribution in [2.24, 2.45) is 0 Å². The molecule has 0 aliphatic heterocycles. The van der Waals surface area contributed by atoms with E-state index in [2.05, 4.69) is 29.2 Å². The number of hydrogen-bond acceptors (Lipinski definition) is 6. The molecule has 126 valence electrons. The highest BCUT2D eigenvalue weighted by atomic mass is 16.6. The lowest BCUT2D eigenvalue weighted by Crippen LogP contribution is -2.25. The van der Waals surface area contributed by atoms with E-state index >= 15 is 0 Å². The summed E-state index contributed by atoms with van der Waals surface area (Å²) in [5.74, 6) is -2.17. The molecule has 0 rings (SSSR count). The number of aliphatic carboxylic acids is 1. The third-order valence-electron chi connectivity index (χ3n) is 1.69. The predicted molar refractivity (Wildman–Crippen MR) is 82.1 cm³/mol. The molecule has 0 saturated heterocycles. The van der Waals surface area contributed by atoms with E-state index < -0.39 is 24.0 Å². The van der Waals surface area contributed by atoms with Crippen LogP contribution >= 0.6 is 0 Å². The van der Waals surface area contributed by atoms with Gasteiger partial charge in [-0.3, -0.25) is 0 Å². The summed E-state index contributed by atoms with van der Waals surface area (Å²) in [6.45, 7) is 12.2. The van der Waals surface area contributed by atoms with Gasteiger partial charge in [-0.1, -0.05) is 27.2 Å². The second-order valence-electron chi connectivity index (χ2n) is 3.95. The second kappa shape index (κ2) is 13.6. The largest absolute Gasteiger partial charge is 0.478 e. The van der Waals surface area contributed by atoms with Gasteiger partial charge in [0.2, 0.25) is 0 Å². The Morgan fingerprint density at radius 3 is 1.50 bits per heavy atom. The zero-order chi connectivity index (χ0) is 17.0. The number of hydrogen-bond donors (Lipinski definition) is 2. The second-order valence-corrected chi connectivity index (χ2v) is 3.95. The highest BCUT2D eigenvalue weighted by Crippen LogP contribution is 1.97. The van der Waals surface area contributed by atoms with Crippen molar-refractivity contribution in [3.8, 4) is 0 Å². The Morgan fingerprint density at radius 1 is 1.05 bits per heavy atom. The minimum Gasteiger partial charge on any atom is -0.478 e. The van der Waals surface area contributed by atoms with Crippen molar-refractivity contribution >= 4 is 17.9 Å². The number of carboxylic acids is 1. The Balaban J connectivity index is -0.000000520. The minimum absolute atomic E-state index is 0. The Hall–Kier alpha value is -2.41. The van der Waals surface area contributed by atoms with Gasteiger partial charge in [-0.2, -0.15) is 0 Å². The first kappa shape index (κ1) is 24.6. The molecule has 0 aliphatic rings. The molecule has 0 aliphatic carbocycles. The molecule has 2 N–H and O–H groups in total. The van der Waals surface area contributed by atoms with E-state index in [1.165, 1.54) is 13.8 Å². The van der Waals surface area contributed by atoms with Crippen molar-refractivity contribution in [1.82, 2.24) is 0 Å². The maximum absolute atomic E-state index is 10.9. The van der Waals surface area contributed by atoms with Crippen molar-refractivity contribution in [1.29, 1.82) is 0 Å². The third kappa shape index (κ3) is 15.6. The van der Waals surface area contributed by atoms with E-state index in [0.717, 1.165) is 6.08 Å². The molecule has 0 atom stereocenters. The zero-order valence-electron chi connectivity index (χ0n) is 12.1. The van der Waals surface area contributed by atoms with Crippen LogP contribution in [0.4, 0.5) is 0 Å². The molecule has 0 unspecified atom stereocenters. The summed E-state index contributed by atoms with van der Waals surface area (Å²) in [4.78, 5) is 31.1. The van der Waals surface area contributed by atoms with E-state index in [0.29, 0.717) is 0 Å². The Kier molecular flexibility index (Phi) is 15.2. The van der Waals surface area contributed by atoms with E-state index in [9.17, 15) is 19.5 Å². The SMILES string of the molecule is C.C=C(C)C(=O)OCC(O)COC(=O)C(=C)C.C=CC(=O)O. The topological polar surface area (TPSA) is 110 Å². The minimum atomic E-state index is -1.05. The average molecular weight is 316 g/mol. The number of carbonyl (C=O) groups is 3. The van der Waals surface area contributed by atoms with Gasteiger partial charge in [0.05, 0.1) is 0 Å².